The van der Waals surface area contributed by atoms with Crippen LogP contribution in [0.15, 0.2) is 36.5 Å². The van der Waals surface area contributed by atoms with E-state index in [1.165, 1.54) is 6.20 Å². The molecule has 1 saturated heterocycles. The first kappa shape index (κ1) is 21.1. The van der Waals surface area contributed by atoms with Gasteiger partial charge in [-0.3, -0.25) is 9.59 Å². The zero-order valence-corrected chi connectivity index (χ0v) is 17.1. The maximum absolute atomic E-state index is 12.7. The molecule has 1 amide bonds. The molecule has 0 aliphatic carbocycles. The second-order valence-corrected chi connectivity index (χ2v) is 7.94. The van der Waals surface area contributed by atoms with Crippen LogP contribution in [0.25, 0.3) is 0 Å². The Kier molecular flexibility index (Phi) is 6.39. The summed E-state index contributed by atoms with van der Waals surface area (Å²) >= 11 is 6.02. The number of cyclic esters (lactones) is 1. The van der Waals surface area contributed by atoms with Gasteiger partial charge in [-0.05, 0) is 35.7 Å². The average Bonchev–Trinajstić information content (AvgIpc) is 2.66. The van der Waals surface area contributed by atoms with E-state index in [2.05, 4.69) is 15.6 Å². The summed E-state index contributed by atoms with van der Waals surface area (Å²) in [5.41, 5.74) is 0.754. The van der Waals surface area contributed by atoms with E-state index in [9.17, 15) is 14.7 Å². The van der Waals surface area contributed by atoms with Gasteiger partial charge in [-0.2, -0.15) is 0 Å². The van der Waals surface area contributed by atoms with E-state index in [1.807, 2.05) is 32.0 Å². The summed E-state index contributed by atoms with van der Waals surface area (Å²) < 4.78 is 4.85. The Morgan fingerprint density at radius 2 is 2.17 bits per heavy atom. The molecule has 29 heavy (non-hydrogen) atoms. The number of hydrogen-bond acceptors (Lipinski definition) is 6. The number of carbonyl (C=O) groups is 2. The molecule has 0 spiro atoms. The molecule has 2 heterocycles. The molecule has 0 saturated carbocycles. The maximum atomic E-state index is 12.7. The SMILES string of the molecule is CC(C)c1cc(Nc2cccc(Cl)c2)ncc1C(=O)NCC1(O)CCOC(=O)C1. The number of aromatic nitrogens is 1. The Bertz CT molecular complexity index is 919. The summed E-state index contributed by atoms with van der Waals surface area (Å²) in [5.74, 6) is -0.135. The van der Waals surface area contributed by atoms with Crippen LogP contribution in [-0.4, -0.2) is 40.7 Å². The quantitative estimate of drug-likeness (QED) is 0.623. The van der Waals surface area contributed by atoms with Crippen molar-refractivity contribution in [3.63, 3.8) is 0 Å². The number of nitrogens with zero attached hydrogens (tertiary/aromatic N) is 1. The molecule has 1 atom stereocenters. The summed E-state index contributed by atoms with van der Waals surface area (Å²) in [5, 5.41) is 17.0. The lowest BCUT2D eigenvalue weighted by molar-refractivity contribution is -0.159. The number of anilines is 2. The Morgan fingerprint density at radius 3 is 2.86 bits per heavy atom. The van der Waals surface area contributed by atoms with E-state index < -0.39 is 11.6 Å². The number of rotatable bonds is 6. The van der Waals surface area contributed by atoms with E-state index >= 15 is 0 Å². The van der Waals surface area contributed by atoms with Crippen molar-refractivity contribution in [2.45, 2.75) is 38.2 Å². The number of amides is 1. The standard InChI is InChI=1S/C21H24ClN3O4/c1-13(2)16-9-18(25-15-5-3-4-14(22)8-15)23-11-17(16)20(27)24-12-21(28)6-7-29-19(26)10-21/h3-5,8-9,11,13,28H,6-7,10,12H2,1-2H3,(H,23,25)(H,24,27). The Labute approximate surface area is 174 Å². The molecule has 154 valence electrons. The molecular formula is C21H24ClN3O4. The molecule has 1 unspecified atom stereocenters. The number of ether oxygens (including phenoxy) is 1. The van der Waals surface area contributed by atoms with Crippen LogP contribution in [0, 0.1) is 0 Å². The van der Waals surface area contributed by atoms with Gasteiger partial charge in [0.25, 0.3) is 5.91 Å². The van der Waals surface area contributed by atoms with Crippen LogP contribution in [0.1, 0.15) is 48.5 Å². The number of halogens is 1. The lowest BCUT2D eigenvalue weighted by Gasteiger charge is -2.31. The van der Waals surface area contributed by atoms with Crippen LogP contribution < -0.4 is 10.6 Å². The normalized spacial score (nSPS) is 19.0. The third-order valence-corrected chi connectivity index (χ3v) is 5.02. The van der Waals surface area contributed by atoms with Crippen LogP contribution in [0.2, 0.25) is 5.02 Å². The van der Waals surface area contributed by atoms with Gasteiger partial charge in [0.15, 0.2) is 0 Å². The van der Waals surface area contributed by atoms with Gasteiger partial charge in [-0.15, -0.1) is 0 Å². The lowest BCUT2D eigenvalue weighted by atomic mass is 9.93. The Balaban J connectivity index is 1.74. The Morgan fingerprint density at radius 1 is 1.38 bits per heavy atom. The largest absolute Gasteiger partial charge is 0.465 e. The minimum atomic E-state index is -1.29. The highest BCUT2D eigenvalue weighted by molar-refractivity contribution is 6.30. The van der Waals surface area contributed by atoms with Crippen LogP contribution in [-0.2, 0) is 9.53 Å². The molecule has 1 fully saturated rings. The zero-order valence-electron chi connectivity index (χ0n) is 16.4. The molecule has 3 N–H and O–H groups in total. The van der Waals surface area contributed by atoms with E-state index in [0.717, 1.165) is 11.3 Å². The smallest absolute Gasteiger partial charge is 0.308 e. The fourth-order valence-electron chi connectivity index (χ4n) is 3.17. The molecule has 1 aromatic heterocycles. The van der Waals surface area contributed by atoms with Crippen molar-refractivity contribution < 1.29 is 19.4 Å². The van der Waals surface area contributed by atoms with Crippen LogP contribution >= 0.6 is 11.6 Å². The predicted octanol–water partition coefficient (Wildman–Crippen LogP) is 3.40. The van der Waals surface area contributed by atoms with Crippen molar-refractivity contribution in [2.75, 3.05) is 18.5 Å². The van der Waals surface area contributed by atoms with Crippen molar-refractivity contribution in [1.82, 2.24) is 10.3 Å². The van der Waals surface area contributed by atoms with E-state index in [1.54, 1.807) is 12.1 Å². The van der Waals surface area contributed by atoms with Gasteiger partial charge in [0.05, 0.1) is 24.2 Å². The fraction of sp³-hybridized carbons (Fsp3) is 0.381. The molecule has 1 aliphatic heterocycles. The van der Waals surface area contributed by atoms with Gasteiger partial charge in [0, 0.05) is 29.9 Å². The van der Waals surface area contributed by atoms with Gasteiger partial charge in [0.1, 0.15) is 5.82 Å². The van der Waals surface area contributed by atoms with Crippen molar-refractivity contribution in [2.24, 2.45) is 0 Å². The zero-order chi connectivity index (χ0) is 21.0. The molecule has 3 rings (SSSR count). The third-order valence-electron chi connectivity index (χ3n) is 4.78. The number of nitrogens with one attached hydrogen (secondary N) is 2. The van der Waals surface area contributed by atoms with Gasteiger partial charge in [0.2, 0.25) is 0 Å². The van der Waals surface area contributed by atoms with Gasteiger partial charge < -0.3 is 20.5 Å². The number of aliphatic hydroxyl groups is 1. The summed E-state index contributed by atoms with van der Waals surface area (Å²) in [7, 11) is 0. The number of benzene rings is 1. The monoisotopic (exact) mass is 417 g/mol. The lowest BCUT2D eigenvalue weighted by Crippen LogP contribution is -2.48. The first-order valence-electron chi connectivity index (χ1n) is 9.44. The summed E-state index contributed by atoms with van der Waals surface area (Å²) in [6.45, 7) is 4.09. The minimum absolute atomic E-state index is 0.0268. The van der Waals surface area contributed by atoms with Crippen LogP contribution in [0.4, 0.5) is 11.5 Å². The molecule has 0 bridgehead atoms. The van der Waals surface area contributed by atoms with Crippen molar-refractivity contribution >= 4 is 35.0 Å². The summed E-state index contributed by atoms with van der Waals surface area (Å²) in [6.07, 6.45) is 1.67. The van der Waals surface area contributed by atoms with Gasteiger partial charge in [-0.1, -0.05) is 31.5 Å². The van der Waals surface area contributed by atoms with Crippen molar-refractivity contribution in [3.05, 3.63) is 52.7 Å². The topological polar surface area (TPSA) is 101 Å². The summed E-state index contributed by atoms with van der Waals surface area (Å²) in [4.78, 5) is 28.5. The van der Waals surface area contributed by atoms with Gasteiger partial charge >= 0.3 is 5.97 Å². The van der Waals surface area contributed by atoms with E-state index in [0.29, 0.717) is 16.4 Å². The van der Waals surface area contributed by atoms with E-state index in [4.69, 9.17) is 16.3 Å². The number of hydrogen-bond donors (Lipinski definition) is 3. The van der Waals surface area contributed by atoms with Crippen molar-refractivity contribution in [3.8, 4) is 0 Å². The first-order chi connectivity index (χ1) is 13.8. The van der Waals surface area contributed by atoms with Gasteiger partial charge in [-0.25, -0.2) is 4.98 Å². The number of carbonyl (C=O) groups excluding carboxylic acids is 2. The van der Waals surface area contributed by atoms with E-state index in [-0.39, 0.29) is 37.8 Å². The second kappa shape index (κ2) is 8.80. The molecule has 1 aliphatic rings. The second-order valence-electron chi connectivity index (χ2n) is 7.50. The minimum Gasteiger partial charge on any atom is -0.465 e. The Hall–Kier alpha value is -2.64. The average molecular weight is 418 g/mol. The molecule has 1 aromatic carbocycles. The molecular weight excluding hydrogens is 394 g/mol. The molecule has 8 heteroatoms. The van der Waals surface area contributed by atoms with Crippen LogP contribution in [0.3, 0.4) is 0 Å². The predicted molar refractivity (Wildman–Crippen MR) is 111 cm³/mol. The molecule has 0 radical (unpaired) electrons. The third kappa shape index (κ3) is 5.46. The maximum Gasteiger partial charge on any atom is 0.308 e. The number of pyridine rings is 1. The summed E-state index contributed by atoms with van der Waals surface area (Å²) in [6, 6.07) is 9.11. The highest BCUT2D eigenvalue weighted by Crippen LogP contribution is 2.25. The first-order valence-corrected chi connectivity index (χ1v) is 9.82. The molecule has 2 aromatic rings. The fourth-order valence-corrected chi connectivity index (χ4v) is 3.36. The van der Waals surface area contributed by atoms with Crippen LogP contribution in [0.5, 0.6) is 0 Å². The highest BCUT2D eigenvalue weighted by atomic mass is 35.5. The highest BCUT2D eigenvalue weighted by Gasteiger charge is 2.35. The number of esters is 1. The molecule has 7 nitrogen and oxygen atoms in total. The van der Waals surface area contributed by atoms with Crippen molar-refractivity contribution in [1.29, 1.82) is 0 Å².